The maximum atomic E-state index is 12.5. The first-order chi connectivity index (χ1) is 8.84. The number of halogens is 3. The van der Waals surface area contributed by atoms with Crippen LogP contribution in [0.5, 0.6) is 0 Å². The Bertz CT molecular complexity index is 497. The molecule has 1 saturated heterocycles. The molecule has 0 amide bonds. The summed E-state index contributed by atoms with van der Waals surface area (Å²) in [6, 6.07) is 4.78. The molecule has 0 spiro atoms. The molecule has 0 atom stereocenters. The van der Waals surface area contributed by atoms with Crippen molar-refractivity contribution in [2.75, 3.05) is 13.1 Å². The summed E-state index contributed by atoms with van der Waals surface area (Å²) in [5.74, 6) is -1.38. The lowest BCUT2D eigenvalue weighted by molar-refractivity contribution is -0.167. The summed E-state index contributed by atoms with van der Waals surface area (Å²) in [7, 11) is 0. The number of benzene rings is 1. The molecule has 1 heterocycles. The van der Waals surface area contributed by atoms with Crippen LogP contribution in [-0.4, -0.2) is 29.9 Å². The van der Waals surface area contributed by atoms with Gasteiger partial charge in [-0.1, -0.05) is 18.2 Å². The first-order valence-corrected chi connectivity index (χ1v) is 5.46. The standard InChI is InChI=1S/C12H10F3NO3/c13-12(14,15)9-3-1-2-8(4-9)5-16-6-10(17)19-11(18)7-16/h1-4H,5-7H2. The third-order valence-electron chi connectivity index (χ3n) is 2.59. The molecule has 1 aromatic rings. The molecule has 0 radical (unpaired) electrons. The van der Waals surface area contributed by atoms with Crippen molar-refractivity contribution >= 4 is 11.9 Å². The highest BCUT2D eigenvalue weighted by Crippen LogP contribution is 2.29. The van der Waals surface area contributed by atoms with Crippen LogP contribution < -0.4 is 0 Å². The molecule has 1 aliphatic heterocycles. The quantitative estimate of drug-likeness (QED) is 0.606. The average Bonchev–Trinajstić information content (AvgIpc) is 2.26. The van der Waals surface area contributed by atoms with Crippen LogP contribution in [0.2, 0.25) is 0 Å². The fourth-order valence-electron chi connectivity index (χ4n) is 1.83. The smallest absolute Gasteiger partial charge is 0.391 e. The van der Waals surface area contributed by atoms with Gasteiger partial charge in [-0.05, 0) is 11.6 Å². The first kappa shape index (κ1) is 13.5. The van der Waals surface area contributed by atoms with E-state index in [1.165, 1.54) is 17.0 Å². The minimum absolute atomic E-state index is 0.0881. The van der Waals surface area contributed by atoms with E-state index in [0.29, 0.717) is 5.56 Å². The van der Waals surface area contributed by atoms with Gasteiger partial charge >= 0.3 is 18.1 Å². The van der Waals surface area contributed by atoms with Crippen LogP contribution in [0.25, 0.3) is 0 Å². The highest BCUT2D eigenvalue weighted by Gasteiger charge is 2.31. The maximum absolute atomic E-state index is 12.5. The summed E-state index contributed by atoms with van der Waals surface area (Å²) in [6.07, 6.45) is -4.41. The van der Waals surface area contributed by atoms with Gasteiger partial charge in [0.1, 0.15) is 0 Å². The lowest BCUT2D eigenvalue weighted by atomic mass is 10.1. The summed E-state index contributed by atoms with van der Waals surface area (Å²) >= 11 is 0. The van der Waals surface area contributed by atoms with Gasteiger partial charge < -0.3 is 4.74 Å². The molecule has 0 aromatic heterocycles. The fourth-order valence-corrected chi connectivity index (χ4v) is 1.83. The number of nitrogens with zero attached hydrogens (tertiary/aromatic N) is 1. The van der Waals surface area contributed by atoms with Gasteiger partial charge in [0, 0.05) is 6.54 Å². The SMILES string of the molecule is O=C1CN(Cc2cccc(C(F)(F)F)c2)CC(=O)O1. The van der Waals surface area contributed by atoms with E-state index in [1.54, 1.807) is 0 Å². The van der Waals surface area contributed by atoms with Crippen molar-refractivity contribution in [1.82, 2.24) is 4.90 Å². The molecule has 1 fully saturated rings. The fraction of sp³-hybridized carbons (Fsp3) is 0.333. The number of hydrogen-bond acceptors (Lipinski definition) is 4. The molecule has 1 aliphatic rings. The zero-order chi connectivity index (χ0) is 14.0. The van der Waals surface area contributed by atoms with Crippen molar-refractivity contribution in [3.8, 4) is 0 Å². The van der Waals surface area contributed by atoms with Crippen LogP contribution in [0.3, 0.4) is 0 Å². The minimum Gasteiger partial charge on any atom is -0.391 e. The van der Waals surface area contributed by atoms with Crippen molar-refractivity contribution in [1.29, 1.82) is 0 Å². The molecule has 2 rings (SSSR count). The van der Waals surface area contributed by atoms with Gasteiger partial charge in [-0.3, -0.25) is 14.5 Å². The monoisotopic (exact) mass is 273 g/mol. The van der Waals surface area contributed by atoms with E-state index in [-0.39, 0.29) is 19.6 Å². The molecule has 1 aromatic carbocycles. The number of rotatable bonds is 2. The third-order valence-corrected chi connectivity index (χ3v) is 2.59. The molecule has 0 unspecified atom stereocenters. The Morgan fingerprint density at radius 2 is 1.79 bits per heavy atom. The van der Waals surface area contributed by atoms with Gasteiger partial charge in [-0.2, -0.15) is 13.2 Å². The lowest BCUT2D eigenvalue weighted by Crippen LogP contribution is -2.42. The van der Waals surface area contributed by atoms with Crippen molar-refractivity contribution in [3.05, 3.63) is 35.4 Å². The highest BCUT2D eigenvalue weighted by molar-refractivity contribution is 5.90. The van der Waals surface area contributed by atoms with Crippen molar-refractivity contribution < 1.29 is 27.5 Å². The van der Waals surface area contributed by atoms with Crippen LogP contribution in [0.15, 0.2) is 24.3 Å². The predicted molar refractivity (Wildman–Crippen MR) is 57.8 cm³/mol. The number of carbonyl (C=O) groups is 2. The number of alkyl halides is 3. The number of carbonyl (C=O) groups excluding carboxylic acids is 2. The molecule has 0 aliphatic carbocycles. The van der Waals surface area contributed by atoms with Gasteiger partial charge in [-0.15, -0.1) is 0 Å². The summed E-state index contributed by atoms with van der Waals surface area (Å²) in [5.41, 5.74) is -0.367. The van der Waals surface area contributed by atoms with Gasteiger partial charge in [0.15, 0.2) is 0 Å². The largest absolute Gasteiger partial charge is 0.416 e. The Labute approximate surface area is 106 Å². The maximum Gasteiger partial charge on any atom is 0.416 e. The van der Waals surface area contributed by atoms with Crippen LogP contribution in [0.4, 0.5) is 13.2 Å². The number of esters is 2. The second-order valence-corrected chi connectivity index (χ2v) is 4.19. The van der Waals surface area contributed by atoms with Crippen LogP contribution in [0, 0.1) is 0 Å². The Kier molecular flexibility index (Phi) is 3.57. The molecule has 0 bridgehead atoms. The van der Waals surface area contributed by atoms with Crippen molar-refractivity contribution in [3.63, 3.8) is 0 Å². The zero-order valence-electron chi connectivity index (χ0n) is 9.74. The van der Waals surface area contributed by atoms with Crippen molar-refractivity contribution in [2.24, 2.45) is 0 Å². The normalized spacial score (nSPS) is 17.4. The summed E-state index contributed by atoms with van der Waals surface area (Å²) in [5, 5.41) is 0. The number of ether oxygens (including phenoxy) is 1. The van der Waals surface area contributed by atoms with Gasteiger partial charge in [0.05, 0.1) is 18.7 Å². The molecule has 4 nitrogen and oxygen atoms in total. The van der Waals surface area contributed by atoms with E-state index in [4.69, 9.17) is 0 Å². The number of hydrogen-bond donors (Lipinski definition) is 0. The summed E-state index contributed by atoms with van der Waals surface area (Å²) in [6.45, 7) is -0.130. The highest BCUT2D eigenvalue weighted by atomic mass is 19.4. The van der Waals surface area contributed by atoms with E-state index in [2.05, 4.69) is 4.74 Å². The first-order valence-electron chi connectivity index (χ1n) is 5.46. The Hall–Kier alpha value is -1.89. The third kappa shape index (κ3) is 3.54. The number of morpholine rings is 1. The second kappa shape index (κ2) is 5.00. The van der Waals surface area contributed by atoms with E-state index >= 15 is 0 Å². The van der Waals surface area contributed by atoms with E-state index < -0.39 is 23.7 Å². The van der Waals surface area contributed by atoms with Crippen molar-refractivity contribution in [2.45, 2.75) is 12.7 Å². The zero-order valence-corrected chi connectivity index (χ0v) is 9.74. The lowest BCUT2D eigenvalue weighted by Gasteiger charge is -2.24. The van der Waals surface area contributed by atoms with Crippen LogP contribution in [-0.2, 0) is 27.0 Å². The Balaban J connectivity index is 2.11. The molecule has 102 valence electrons. The topological polar surface area (TPSA) is 46.6 Å². The predicted octanol–water partition coefficient (Wildman–Crippen LogP) is 1.59. The van der Waals surface area contributed by atoms with Gasteiger partial charge in [0.2, 0.25) is 0 Å². The van der Waals surface area contributed by atoms with Crippen LogP contribution in [0.1, 0.15) is 11.1 Å². The second-order valence-electron chi connectivity index (χ2n) is 4.19. The van der Waals surface area contributed by atoms with Gasteiger partial charge in [0.25, 0.3) is 0 Å². The van der Waals surface area contributed by atoms with E-state index in [1.807, 2.05) is 0 Å². The molecule has 0 saturated carbocycles. The van der Waals surface area contributed by atoms with E-state index in [9.17, 15) is 22.8 Å². The average molecular weight is 273 g/mol. The van der Waals surface area contributed by atoms with Gasteiger partial charge in [-0.25, -0.2) is 0 Å². The molecule has 0 N–H and O–H groups in total. The molecule has 19 heavy (non-hydrogen) atoms. The van der Waals surface area contributed by atoms with E-state index in [0.717, 1.165) is 12.1 Å². The molecule has 7 heteroatoms. The minimum atomic E-state index is -4.41. The molecular formula is C12H10F3NO3. The van der Waals surface area contributed by atoms with Crippen LogP contribution >= 0.6 is 0 Å². The Morgan fingerprint density at radius 3 is 2.37 bits per heavy atom. The summed E-state index contributed by atoms with van der Waals surface area (Å²) in [4.78, 5) is 23.5. The number of cyclic esters (lactones) is 2. The summed E-state index contributed by atoms with van der Waals surface area (Å²) < 4.78 is 41.9. The molecular weight excluding hydrogens is 263 g/mol. The Morgan fingerprint density at radius 1 is 1.16 bits per heavy atom.